The van der Waals surface area contributed by atoms with Gasteiger partial charge in [0.05, 0.1) is 0 Å². The monoisotopic (exact) mass is 160 g/mol. The third kappa shape index (κ3) is 5.77. The predicted octanol–water partition coefficient (Wildman–Crippen LogP) is 3.55. The Morgan fingerprint density at radius 3 is 2.27 bits per heavy atom. The quantitative estimate of drug-likeness (QED) is 0.554. The molecule has 0 aromatic rings. The minimum atomic E-state index is -2.65. The van der Waals surface area contributed by atoms with Crippen LogP contribution in [-0.2, 0) is 0 Å². The Bertz CT molecular complexity index is 162. The normalized spacial score (nSPS) is 12.1. The molecule has 0 aliphatic rings. The Morgan fingerprint density at radius 1 is 1.36 bits per heavy atom. The van der Waals surface area contributed by atoms with Gasteiger partial charge in [-0.15, -0.1) is 0 Å². The van der Waals surface area contributed by atoms with Gasteiger partial charge < -0.3 is 0 Å². The molecule has 11 heavy (non-hydrogen) atoms. The molecule has 0 aliphatic heterocycles. The van der Waals surface area contributed by atoms with Crippen molar-refractivity contribution in [1.29, 1.82) is 0 Å². The van der Waals surface area contributed by atoms with Crippen LogP contribution in [0.25, 0.3) is 0 Å². The van der Waals surface area contributed by atoms with Gasteiger partial charge in [0, 0.05) is 6.42 Å². The zero-order chi connectivity index (χ0) is 8.91. The molecule has 0 saturated carbocycles. The molecule has 0 spiro atoms. The van der Waals surface area contributed by atoms with Crippen LogP contribution >= 0.6 is 0 Å². The molecule has 0 aliphatic carbocycles. The molecule has 0 N–H and O–H groups in total. The van der Waals surface area contributed by atoms with Crippen molar-refractivity contribution in [2.45, 2.75) is 33.1 Å². The molecule has 0 atom stereocenters. The highest BCUT2D eigenvalue weighted by Gasteiger charge is 2.20. The van der Waals surface area contributed by atoms with E-state index in [1.54, 1.807) is 6.08 Å². The van der Waals surface area contributed by atoms with Crippen molar-refractivity contribution < 1.29 is 8.78 Å². The number of hydrogen-bond acceptors (Lipinski definition) is 0. The lowest BCUT2D eigenvalue weighted by atomic mass is 10.2. The fourth-order valence-electron chi connectivity index (χ4n) is 0.499. The van der Waals surface area contributed by atoms with Gasteiger partial charge in [-0.05, 0) is 19.9 Å². The largest absolute Gasteiger partial charge is 0.266 e. The minimum absolute atomic E-state index is 0.139. The first-order valence-electron chi connectivity index (χ1n) is 3.68. The molecule has 0 heterocycles. The van der Waals surface area contributed by atoms with Crippen LogP contribution in [0.3, 0.4) is 0 Å². The van der Waals surface area contributed by atoms with Gasteiger partial charge in [0.15, 0.2) is 0 Å². The second-order valence-corrected chi connectivity index (χ2v) is 2.72. The first-order valence-corrected chi connectivity index (χ1v) is 3.68. The van der Waals surface area contributed by atoms with E-state index in [0.29, 0.717) is 0 Å². The maximum atomic E-state index is 12.5. The minimum Gasteiger partial charge on any atom is -0.202 e. The van der Waals surface area contributed by atoms with E-state index in [-0.39, 0.29) is 6.42 Å². The molecule has 2 heteroatoms. The zero-order valence-corrected chi connectivity index (χ0v) is 7.20. The van der Waals surface area contributed by atoms with E-state index in [1.807, 2.05) is 13.8 Å². The molecule has 0 aromatic carbocycles. The number of hydrogen-bond donors (Lipinski definition) is 0. The van der Waals surface area contributed by atoms with Crippen molar-refractivity contribution in [2.24, 2.45) is 0 Å². The molecule has 0 unspecified atom stereocenters. The van der Waals surface area contributed by atoms with Crippen LogP contribution in [0.5, 0.6) is 0 Å². The summed E-state index contributed by atoms with van der Waals surface area (Å²) in [6.45, 7) is 5.20. The molecule has 64 valence electrons. The van der Waals surface area contributed by atoms with Gasteiger partial charge in [-0.2, -0.15) is 0 Å². The SMILES string of the molecule is CCC(F)(F)C=CC=C(C)C. The van der Waals surface area contributed by atoms with Crippen LogP contribution in [0.1, 0.15) is 27.2 Å². The van der Waals surface area contributed by atoms with Crippen LogP contribution in [0, 0.1) is 0 Å². The standard InChI is InChI=1S/C9H14F2/c1-4-9(10,11)7-5-6-8(2)3/h5-7H,4H2,1-3H3. The van der Waals surface area contributed by atoms with E-state index in [4.69, 9.17) is 0 Å². The predicted molar refractivity (Wildman–Crippen MR) is 43.8 cm³/mol. The van der Waals surface area contributed by atoms with Gasteiger partial charge in [-0.25, -0.2) is 8.78 Å². The molecular weight excluding hydrogens is 146 g/mol. The highest BCUT2D eigenvalue weighted by molar-refractivity contribution is 5.11. The van der Waals surface area contributed by atoms with E-state index >= 15 is 0 Å². The van der Waals surface area contributed by atoms with Gasteiger partial charge in [0.25, 0.3) is 5.92 Å². The highest BCUT2D eigenvalue weighted by atomic mass is 19.3. The summed E-state index contributed by atoms with van der Waals surface area (Å²) in [6.07, 6.45) is 3.86. The number of alkyl halides is 2. The van der Waals surface area contributed by atoms with Crippen molar-refractivity contribution in [3.05, 3.63) is 23.8 Å². The molecule has 0 radical (unpaired) electrons. The lowest BCUT2D eigenvalue weighted by molar-refractivity contribution is 0.0511. The summed E-state index contributed by atoms with van der Waals surface area (Å²) < 4.78 is 25.0. The Hall–Kier alpha value is -0.660. The summed E-state index contributed by atoms with van der Waals surface area (Å²) in [5, 5.41) is 0. The van der Waals surface area contributed by atoms with Crippen LogP contribution < -0.4 is 0 Å². The first-order chi connectivity index (χ1) is 4.98. The number of halogens is 2. The zero-order valence-electron chi connectivity index (χ0n) is 7.20. The fraction of sp³-hybridized carbons (Fsp3) is 0.556. The van der Waals surface area contributed by atoms with Crippen molar-refractivity contribution >= 4 is 0 Å². The van der Waals surface area contributed by atoms with Crippen molar-refractivity contribution in [3.63, 3.8) is 0 Å². The van der Waals surface area contributed by atoms with Crippen LogP contribution in [0.2, 0.25) is 0 Å². The maximum absolute atomic E-state index is 12.5. The Balaban J connectivity index is 4.02. The molecule has 0 rings (SSSR count). The summed E-state index contributed by atoms with van der Waals surface area (Å²) in [4.78, 5) is 0. The molecule has 0 nitrogen and oxygen atoms in total. The Kier molecular flexibility index (Phi) is 4.01. The van der Waals surface area contributed by atoms with Gasteiger partial charge >= 0.3 is 0 Å². The number of rotatable bonds is 3. The fourth-order valence-corrected chi connectivity index (χ4v) is 0.499. The topological polar surface area (TPSA) is 0 Å². The Labute approximate surface area is 66.6 Å². The third-order valence-corrected chi connectivity index (χ3v) is 1.24. The van der Waals surface area contributed by atoms with Gasteiger partial charge in [0.1, 0.15) is 0 Å². The average Bonchev–Trinajstić information content (AvgIpc) is 1.87. The Morgan fingerprint density at radius 2 is 1.91 bits per heavy atom. The maximum Gasteiger partial charge on any atom is 0.266 e. The summed E-state index contributed by atoms with van der Waals surface area (Å²) in [7, 11) is 0. The molecular formula is C9H14F2. The third-order valence-electron chi connectivity index (χ3n) is 1.24. The second kappa shape index (κ2) is 4.27. The second-order valence-electron chi connectivity index (χ2n) is 2.72. The molecule has 0 amide bonds. The molecule has 0 bridgehead atoms. The lowest BCUT2D eigenvalue weighted by Gasteiger charge is -2.05. The van der Waals surface area contributed by atoms with Crippen LogP contribution in [-0.4, -0.2) is 5.92 Å². The summed E-state index contributed by atoms with van der Waals surface area (Å²) in [6, 6.07) is 0. The highest BCUT2D eigenvalue weighted by Crippen LogP contribution is 2.18. The summed E-state index contributed by atoms with van der Waals surface area (Å²) in [5.74, 6) is -2.65. The lowest BCUT2D eigenvalue weighted by Crippen LogP contribution is -2.08. The molecule has 0 fully saturated rings. The average molecular weight is 160 g/mol. The summed E-state index contributed by atoms with van der Waals surface area (Å²) in [5.41, 5.74) is 1.02. The molecule has 0 aromatic heterocycles. The first kappa shape index (κ1) is 10.3. The van der Waals surface area contributed by atoms with Crippen LogP contribution in [0.15, 0.2) is 23.8 Å². The van der Waals surface area contributed by atoms with E-state index < -0.39 is 5.92 Å². The van der Waals surface area contributed by atoms with E-state index in [9.17, 15) is 8.78 Å². The van der Waals surface area contributed by atoms with E-state index in [2.05, 4.69) is 0 Å². The van der Waals surface area contributed by atoms with Gasteiger partial charge in [-0.3, -0.25) is 0 Å². The van der Waals surface area contributed by atoms with Gasteiger partial charge in [0.2, 0.25) is 0 Å². The molecule has 0 saturated heterocycles. The van der Waals surface area contributed by atoms with E-state index in [0.717, 1.165) is 11.6 Å². The summed E-state index contributed by atoms with van der Waals surface area (Å²) >= 11 is 0. The van der Waals surface area contributed by atoms with Crippen molar-refractivity contribution in [2.75, 3.05) is 0 Å². The van der Waals surface area contributed by atoms with Gasteiger partial charge in [-0.1, -0.05) is 24.6 Å². The number of allylic oxidation sites excluding steroid dienone is 4. The van der Waals surface area contributed by atoms with Crippen molar-refractivity contribution in [3.8, 4) is 0 Å². The van der Waals surface area contributed by atoms with Crippen LogP contribution in [0.4, 0.5) is 8.78 Å². The van der Waals surface area contributed by atoms with E-state index in [1.165, 1.54) is 13.0 Å². The smallest absolute Gasteiger partial charge is 0.202 e. The van der Waals surface area contributed by atoms with Crippen molar-refractivity contribution in [1.82, 2.24) is 0 Å².